The number of para-hydroxylation sites is 1. The number of benzene rings is 2. The molecule has 1 aliphatic heterocycles. The first-order valence-electron chi connectivity index (χ1n) is 10.5. The van der Waals surface area contributed by atoms with Crippen molar-refractivity contribution in [2.24, 2.45) is 5.92 Å². The van der Waals surface area contributed by atoms with Gasteiger partial charge in [-0.05, 0) is 48.7 Å². The molecule has 0 spiro atoms. The molecule has 1 fully saturated rings. The first-order chi connectivity index (χ1) is 15.0. The second-order valence-electron chi connectivity index (χ2n) is 7.96. The smallest absolute Gasteiger partial charge is 0.323 e. The van der Waals surface area contributed by atoms with Crippen LogP contribution in [0.3, 0.4) is 0 Å². The average Bonchev–Trinajstić information content (AvgIpc) is 3.17. The molecule has 2 aromatic carbocycles. The number of hydrogen-bond donors (Lipinski definition) is 2. The Morgan fingerprint density at radius 1 is 1.03 bits per heavy atom. The van der Waals surface area contributed by atoms with Crippen molar-refractivity contribution in [1.29, 1.82) is 0 Å². The second kappa shape index (κ2) is 9.04. The topological polar surface area (TPSA) is 79.4 Å². The average molecular weight is 418 g/mol. The van der Waals surface area contributed by atoms with Gasteiger partial charge in [-0.3, -0.25) is 4.90 Å². The number of carbonyl (C=O) groups is 1. The number of nitrogens with one attached hydrogen (secondary N) is 2. The summed E-state index contributed by atoms with van der Waals surface area (Å²) in [5.41, 5.74) is 1.08. The van der Waals surface area contributed by atoms with Crippen LogP contribution in [0.5, 0.6) is 11.5 Å². The molecule has 0 bridgehead atoms. The zero-order valence-corrected chi connectivity index (χ0v) is 17.9. The van der Waals surface area contributed by atoms with Crippen molar-refractivity contribution in [3.63, 3.8) is 0 Å². The zero-order chi connectivity index (χ0) is 21.8. The van der Waals surface area contributed by atoms with Gasteiger partial charge >= 0.3 is 6.03 Å². The summed E-state index contributed by atoms with van der Waals surface area (Å²) >= 11 is 0. The first kappa shape index (κ1) is 20.7. The molecule has 1 aromatic heterocycles. The van der Waals surface area contributed by atoms with E-state index >= 15 is 0 Å². The molecule has 7 heteroatoms. The van der Waals surface area contributed by atoms with Crippen LogP contribution in [0.2, 0.25) is 0 Å². The lowest BCUT2D eigenvalue weighted by molar-refractivity contribution is 0.251. The standard InChI is InChI=1S/C24H27N5O2/c1-16(2)21-15-26-24(30)29(21)22-13-14-25-23(28-22)27-17(3)18-9-11-20(12-10-18)31-19-7-5-4-6-8-19/h4-14,16-17,21H,15H2,1-3H3,(H,26,30)(H,25,27,28)/t17-,21+/m0/s1. The number of urea groups is 1. The van der Waals surface area contributed by atoms with Gasteiger partial charge in [0.25, 0.3) is 0 Å². The molecular formula is C24H27N5O2. The van der Waals surface area contributed by atoms with Crippen molar-refractivity contribution in [2.45, 2.75) is 32.9 Å². The van der Waals surface area contributed by atoms with E-state index < -0.39 is 0 Å². The van der Waals surface area contributed by atoms with E-state index in [-0.39, 0.29) is 18.1 Å². The number of hydrogen-bond acceptors (Lipinski definition) is 5. The molecular weight excluding hydrogens is 390 g/mol. The van der Waals surface area contributed by atoms with Crippen molar-refractivity contribution in [1.82, 2.24) is 15.3 Å². The summed E-state index contributed by atoms with van der Waals surface area (Å²) in [5.74, 6) is 2.99. The molecule has 7 nitrogen and oxygen atoms in total. The van der Waals surface area contributed by atoms with Crippen molar-refractivity contribution < 1.29 is 9.53 Å². The summed E-state index contributed by atoms with van der Waals surface area (Å²) in [6, 6.07) is 19.3. The third-order valence-electron chi connectivity index (χ3n) is 5.37. The normalized spacial score (nSPS) is 16.8. The maximum atomic E-state index is 12.3. The van der Waals surface area contributed by atoms with Crippen molar-refractivity contribution in [3.8, 4) is 11.5 Å². The fraction of sp³-hybridized carbons (Fsp3) is 0.292. The molecule has 2 N–H and O–H groups in total. The lowest BCUT2D eigenvalue weighted by atomic mass is 10.0. The molecule has 0 aliphatic carbocycles. The molecule has 4 rings (SSSR count). The van der Waals surface area contributed by atoms with Crippen LogP contribution in [0.15, 0.2) is 66.9 Å². The van der Waals surface area contributed by atoms with Gasteiger partial charge in [-0.15, -0.1) is 0 Å². The lowest BCUT2D eigenvalue weighted by Crippen LogP contribution is -2.38. The minimum absolute atomic E-state index is 0.0191. The van der Waals surface area contributed by atoms with Crippen molar-refractivity contribution in [3.05, 3.63) is 72.4 Å². The molecule has 0 saturated carbocycles. The number of anilines is 2. The number of carbonyl (C=O) groups excluding carboxylic acids is 1. The highest BCUT2D eigenvalue weighted by atomic mass is 16.5. The summed E-state index contributed by atoms with van der Waals surface area (Å²) in [7, 11) is 0. The van der Waals surface area contributed by atoms with Crippen LogP contribution in [0, 0.1) is 5.92 Å². The predicted molar refractivity (Wildman–Crippen MR) is 122 cm³/mol. The van der Waals surface area contributed by atoms with E-state index in [1.54, 1.807) is 17.2 Å². The molecule has 2 atom stereocenters. The van der Waals surface area contributed by atoms with Crippen LogP contribution in [0.4, 0.5) is 16.6 Å². The van der Waals surface area contributed by atoms with Gasteiger partial charge in [-0.1, -0.05) is 44.2 Å². The third-order valence-corrected chi connectivity index (χ3v) is 5.37. The summed E-state index contributed by atoms with van der Waals surface area (Å²) in [4.78, 5) is 23.0. The largest absolute Gasteiger partial charge is 0.457 e. The molecule has 3 aromatic rings. The van der Waals surface area contributed by atoms with Crippen LogP contribution < -0.4 is 20.3 Å². The number of aromatic nitrogens is 2. The monoisotopic (exact) mass is 417 g/mol. The van der Waals surface area contributed by atoms with Crippen LogP contribution in [0.1, 0.15) is 32.4 Å². The van der Waals surface area contributed by atoms with Gasteiger partial charge < -0.3 is 15.4 Å². The maximum Gasteiger partial charge on any atom is 0.323 e. The SMILES string of the molecule is CC(C)[C@H]1CNC(=O)N1c1ccnc(N[C@@H](C)c2ccc(Oc3ccccc3)cc2)n1. The Balaban J connectivity index is 1.44. The second-order valence-corrected chi connectivity index (χ2v) is 7.96. The molecule has 160 valence electrons. The zero-order valence-electron chi connectivity index (χ0n) is 17.9. The van der Waals surface area contributed by atoms with Crippen molar-refractivity contribution >= 4 is 17.8 Å². The highest BCUT2D eigenvalue weighted by molar-refractivity contribution is 5.94. The molecule has 2 heterocycles. The van der Waals surface area contributed by atoms with Crippen LogP contribution in [-0.2, 0) is 0 Å². The third kappa shape index (κ3) is 4.77. The van der Waals surface area contributed by atoms with E-state index in [9.17, 15) is 4.79 Å². The van der Waals surface area contributed by atoms with Gasteiger partial charge in [0.1, 0.15) is 17.3 Å². The Kier molecular flexibility index (Phi) is 6.02. The number of ether oxygens (including phenoxy) is 1. The summed E-state index contributed by atoms with van der Waals surface area (Å²) in [5, 5.41) is 6.23. The first-order valence-corrected chi connectivity index (χ1v) is 10.5. The number of amides is 2. The molecule has 0 unspecified atom stereocenters. The Morgan fingerprint density at radius 2 is 1.74 bits per heavy atom. The minimum Gasteiger partial charge on any atom is -0.457 e. The van der Waals surface area contributed by atoms with Crippen LogP contribution in [0.25, 0.3) is 0 Å². The molecule has 1 aliphatic rings. The maximum absolute atomic E-state index is 12.3. The summed E-state index contributed by atoms with van der Waals surface area (Å²) < 4.78 is 5.85. The molecule has 2 amide bonds. The fourth-order valence-corrected chi connectivity index (χ4v) is 3.61. The van der Waals surface area contributed by atoms with E-state index in [0.717, 1.165) is 17.1 Å². The Labute approximate surface area is 182 Å². The van der Waals surface area contributed by atoms with Gasteiger partial charge in [0, 0.05) is 12.7 Å². The molecule has 0 radical (unpaired) electrons. The predicted octanol–water partition coefficient (Wildman–Crippen LogP) is 5.00. The molecule has 1 saturated heterocycles. The van der Waals surface area contributed by atoms with Gasteiger partial charge in [-0.25, -0.2) is 9.78 Å². The van der Waals surface area contributed by atoms with E-state index in [1.165, 1.54) is 0 Å². The Bertz CT molecular complexity index is 1020. The lowest BCUT2D eigenvalue weighted by Gasteiger charge is -2.25. The highest BCUT2D eigenvalue weighted by Gasteiger charge is 2.34. The fourth-order valence-electron chi connectivity index (χ4n) is 3.61. The quantitative estimate of drug-likeness (QED) is 0.566. The summed E-state index contributed by atoms with van der Waals surface area (Å²) in [6.45, 7) is 6.87. The van der Waals surface area contributed by atoms with E-state index in [2.05, 4.69) is 34.4 Å². The number of nitrogens with zero attached hydrogens (tertiary/aromatic N) is 3. The molecule has 31 heavy (non-hydrogen) atoms. The summed E-state index contributed by atoms with van der Waals surface area (Å²) in [6.07, 6.45) is 1.68. The van der Waals surface area contributed by atoms with Gasteiger partial charge in [0.15, 0.2) is 0 Å². The van der Waals surface area contributed by atoms with E-state index in [0.29, 0.717) is 24.2 Å². The highest BCUT2D eigenvalue weighted by Crippen LogP contribution is 2.26. The minimum atomic E-state index is -0.120. The Hall–Kier alpha value is -3.61. The van der Waals surface area contributed by atoms with Gasteiger partial charge in [0.2, 0.25) is 5.95 Å². The van der Waals surface area contributed by atoms with Gasteiger partial charge in [0.05, 0.1) is 12.1 Å². The van der Waals surface area contributed by atoms with Crippen LogP contribution in [-0.4, -0.2) is 28.6 Å². The number of rotatable bonds is 7. The van der Waals surface area contributed by atoms with Crippen LogP contribution >= 0.6 is 0 Å². The van der Waals surface area contributed by atoms with E-state index in [4.69, 9.17) is 4.74 Å². The van der Waals surface area contributed by atoms with Gasteiger partial charge in [-0.2, -0.15) is 4.98 Å². The van der Waals surface area contributed by atoms with E-state index in [1.807, 2.05) is 61.5 Å². The van der Waals surface area contributed by atoms with Crippen molar-refractivity contribution in [2.75, 3.05) is 16.8 Å². The Morgan fingerprint density at radius 3 is 2.45 bits per heavy atom.